The van der Waals surface area contributed by atoms with Crippen LogP contribution in [0, 0.1) is 5.41 Å². The predicted molar refractivity (Wildman–Crippen MR) is 73.9 cm³/mol. The zero-order valence-corrected chi connectivity index (χ0v) is 11.9. The van der Waals surface area contributed by atoms with Crippen LogP contribution < -0.4 is 11.1 Å². The Morgan fingerprint density at radius 2 is 2.00 bits per heavy atom. The number of rotatable bonds is 9. The number of nitrogens with two attached hydrogens (primary N) is 1. The van der Waals surface area contributed by atoms with E-state index in [2.05, 4.69) is 5.32 Å². The van der Waals surface area contributed by atoms with Gasteiger partial charge in [-0.2, -0.15) is 0 Å². The molecule has 1 atom stereocenters. The summed E-state index contributed by atoms with van der Waals surface area (Å²) in [4.78, 5) is 11.5. The molecular weight excluding hydrogens is 260 g/mol. The zero-order chi connectivity index (χ0) is 13.3. The SMILES string of the molecule is CC(C)(CO)[C@@H](O)C(=O)NCCSSCCN. The summed E-state index contributed by atoms with van der Waals surface area (Å²) < 4.78 is 0. The van der Waals surface area contributed by atoms with Gasteiger partial charge in [-0.05, 0) is 0 Å². The molecule has 0 heterocycles. The maximum absolute atomic E-state index is 11.5. The molecule has 0 saturated carbocycles. The third-order valence-electron chi connectivity index (χ3n) is 2.17. The number of carbonyl (C=O) groups is 1. The topological polar surface area (TPSA) is 95.6 Å². The highest BCUT2D eigenvalue weighted by atomic mass is 33.1. The van der Waals surface area contributed by atoms with E-state index in [1.165, 1.54) is 0 Å². The normalized spacial score (nSPS) is 13.5. The molecule has 0 fully saturated rings. The Bertz CT molecular complexity index is 228. The van der Waals surface area contributed by atoms with Crippen molar-refractivity contribution < 1.29 is 15.0 Å². The molecule has 7 heteroatoms. The highest BCUT2D eigenvalue weighted by Gasteiger charge is 2.32. The molecule has 5 nitrogen and oxygen atoms in total. The van der Waals surface area contributed by atoms with Gasteiger partial charge in [-0.15, -0.1) is 0 Å². The van der Waals surface area contributed by atoms with Crippen molar-refractivity contribution in [1.82, 2.24) is 5.32 Å². The molecule has 0 saturated heterocycles. The smallest absolute Gasteiger partial charge is 0.249 e. The fourth-order valence-corrected chi connectivity index (χ4v) is 2.68. The fraction of sp³-hybridized carbons (Fsp3) is 0.900. The molecule has 5 N–H and O–H groups in total. The Kier molecular flexibility index (Phi) is 9.07. The number of nitrogens with one attached hydrogen (secondary N) is 1. The molecule has 0 aromatic heterocycles. The monoisotopic (exact) mass is 282 g/mol. The molecule has 0 aliphatic carbocycles. The minimum atomic E-state index is -1.19. The van der Waals surface area contributed by atoms with E-state index in [9.17, 15) is 9.90 Å². The van der Waals surface area contributed by atoms with Gasteiger partial charge < -0.3 is 21.3 Å². The van der Waals surface area contributed by atoms with Gasteiger partial charge in [0.05, 0.1) is 6.61 Å². The quantitative estimate of drug-likeness (QED) is 0.346. The van der Waals surface area contributed by atoms with E-state index >= 15 is 0 Å². The molecule has 0 unspecified atom stereocenters. The summed E-state index contributed by atoms with van der Waals surface area (Å²) in [7, 11) is 3.30. The minimum Gasteiger partial charge on any atom is -0.396 e. The standard InChI is InChI=1S/C10H22N2O3S2/c1-10(2,7-13)8(14)9(15)12-4-6-17-16-5-3-11/h8,13-14H,3-7,11H2,1-2H3,(H,12,15)/t8-/m0/s1. The molecule has 0 aliphatic rings. The molecule has 0 bridgehead atoms. The third kappa shape index (κ3) is 7.15. The van der Waals surface area contributed by atoms with Gasteiger partial charge in [-0.1, -0.05) is 35.4 Å². The largest absolute Gasteiger partial charge is 0.396 e. The maximum atomic E-state index is 11.5. The van der Waals surface area contributed by atoms with Crippen LogP contribution in [-0.4, -0.2) is 53.4 Å². The lowest BCUT2D eigenvalue weighted by Gasteiger charge is -2.27. The summed E-state index contributed by atoms with van der Waals surface area (Å²) in [5, 5.41) is 21.3. The average molecular weight is 282 g/mol. The van der Waals surface area contributed by atoms with E-state index in [0.29, 0.717) is 13.1 Å². The van der Waals surface area contributed by atoms with Crippen LogP contribution in [0.5, 0.6) is 0 Å². The van der Waals surface area contributed by atoms with E-state index < -0.39 is 17.4 Å². The van der Waals surface area contributed by atoms with Crippen molar-refractivity contribution in [2.75, 3.05) is 31.2 Å². The molecule has 0 aromatic rings. The molecule has 0 spiro atoms. The molecule has 0 aliphatic heterocycles. The van der Waals surface area contributed by atoms with Crippen LogP contribution in [0.1, 0.15) is 13.8 Å². The molecule has 0 radical (unpaired) electrons. The Morgan fingerprint density at radius 3 is 2.53 bits per heavy atom. The van der Waals surface area contributed by atoms with Crippen LogP contribution in [0.25, 0.3) is 0 Å². The highest BCUT2D eigenvalue weighted by Crippen LogP contribution is 2.20. The minimum absolute atomic E-state index is 0.233. The molecule has 102 valence electrons. The average Bonchev–Trinajstić information content (AvgIpc) is 2.32. The lowest BCUT2D eigenvalue weighted by atomic mass is 9.87. The number of aliphatic hydroxyl groups excluding tert-OH is 2. The molecule has 1 amide bonds. The Hall–Kier alpha value is 0.0500. The van der Waals surface area contributed by atoms with Crippen molar-refractivity contribution in [1.29, 1.82) is 0 Å². The Balaban J connectivity index is 3.72. The molecule has 0 aromatic carbocycles. The summed E-state index contributed by atoms with van der Waals surface area (Å²) in [6, 6.07) is 0. The van der Waals surface area contributed by atoms with Crippen LogP contribution in [0.15, 0.2) is 0 Å². The first-order valence-electron chi connectivity index (χ1n) is 5.47. The second kappa shape index (κ2) is 9.04. The van der Waals surface area contributed by atoms with Gasteiger partial charge in [0, 0.05) is 30.0 Å². The number of amides is 1. The van der Waals surface area contributed by atoms with Gasteiger partial charge in [0.1, 0.15) is 6.10 Å². The van der Waals surface area contributed by atoms with Crippen molar-refractivity contribution in [3.63, 3.8) is 0 Å². The van der Waals surface area contributed by atoms with Crippen LogP contribution in [0.2, 0.25) is 0 Å². The van der Waals surface area contributed by atoms with Crippen LogP contribution in [0.3, 0.4) is 0 Å². The fourth-order valence-electron chi connectivity index (χ4n) is 0.920. The van der Waals surface area contributed by atoms with Gasteiger partial charge in [0.2, 0.25) is 5.91 Å². The summed E-state index contributed by atoms with van der Waals surface area (Å²) >= 11 is 0. The van der Waals surface area contributed by atoms with E-state index in [1.54, 1.807) is 35.4 Å². The zero-order valence-electron chi connectivity index (χ0n) is 10.3. The van der Waals surface area contributed by atoms with Gasteiger partial charge in [-0.25, -0.2) is 0 Å². The second-order valence-corrected chi connectivity index (χ2v) is 6.97. The lowest BCUT2D eigenvalue weighted by Crippen LogP contribution is -2.46. The van der Waals surface area contributed by atoms with E-state index in [4.69, 9.17) is 10.8 Å². The highest BCUT2D eigenvalue weighted by molar-refractivity contribution is 8.76. The molecule has 0 rings (SSSR count). The van der Waals surface area contributed by atoms with Crippen molar-refractivity contribution in [2.45, 2.75) is 20.0 Å². The lowest BCUT2D eigenvalue weighted by molar-refractivity contribution is -0.136. The van der Waals surface area contributed by atoms with Crippen LogP contribution >= 0.6 is 21.6 Å². The Labute approximate surface area is 110 Å². The van der Waals surface area contributed by atoms with E-state index in [0.717, 1.165) is 11.5 Å². The van der Waals surface area contributed by atoms with Crippen LogP contribution in [0.4, 0.5) is 0 Å². The summed E-state index contributed by atoms with van der Waals surface area (Å²) in [6.45, 7) is 4.20. The predicted octanol–water partition coefficient (Wildman–Crippen LogP) is -0.178. The first-order chi connectivity index (χ1) is 7.95. The summed E-state index contributed by atoms with van der Waals surface area (Å²) in [5.41, 5.74) is 4.52. The number of hydrogen-bond acceptors (Lipinski definition) is 6. The first-order valence-corrected chi connectivity index (χ1v) is 7.95. The van der Waals surface area contributed by atoms with Gasteiger partial charge in [0.15, 0.2) is 0 Å². The van der Waals surface area contributed by atoms with Crippen molar-refractivity contribution in [2.24, 2.45) is 11.1 Å². The number of aliphatic hydroxyl groups is 2. The maximum Gasteiger partial charge on any atom is 0.249 e. The van der Waals surface area contributed by atoms with Crippen molar-refractivity contribution in [3.05, 3.63) is 0 Å². The number of carbonyl (C=O) groups excluding carboxylic acids is 1. The molecule has 17 heavy (non-hydrogen) atoms. The van der Waals surface area contributed by atoms with Crippen molar-refractivity contribution >= 4 is 27.5 Å². The molecular formula is C10H22N2O3S2. The third-order valence-corrected chi connectivity index (χ3v) is 4.61. The van der Waals surface area contributed by atoms with Gasteiger partial charge in [0.25, 0.3) is 0 Å². The second-order valence-electron chi connectivity index (χ2n) is 4.27. The Morgan fingerprint density at radius 1 is 1.41 bits per heavy atom. The summed E-state index contributed by atoms with van der Waals surface area (Å²) in [6.07, 6.45) is -1.19. The first kappa shape index (κ1) is 17.1. The van der Waals surface area contributed by atoms with E-state index in [-0.39, 0.29) is 6.61 Å². The van der Waals surface area contributed by atoms with Crippen LogP contribution in [-0.2, 0) is 4.79 Å². The van der Waals surface area contributed by atoms with Gasteiger partial charge >= 0.3 is 0 Å². The van der Waals surface area contributed by atoms with Crippen molar-refractivity contribution in [3.8, 4) is 0 Å². The van der Waals surface area contributed by atoms with E-state index in [1.807, 2.05) is 0 Å². The van der Waals surface area contributed by atoms with Gasteiger partial charge in [-0.3, -0.25) is 4.79 Å². The summed E-state index contributed by atoms with van der Waals surface area (Å²) in [5.74, 6) is 1.22. The number of hydrogen-bond donors (Lipinski definition) is 4.